The van der Waals surface area contributed by atoms with Crippen molar-refractivity contribution in [1.29, 1.82) is 5.26 Å². The Kier molecular flexibility index (Phi) is 4.28. The molecule has 0 saturated carbocycles. The standard InChI is InChI=1S/C10H14N4O4S/c1-12-7-8(9(15)14(3)10(12)16)19(17,18)13(2)6-4-5-11/h7H,4,6H2,1-3H3. The molecule has 0 aliphatic heterocycles. The SMILES string of the molecule is CN(CCC#N)S(=O)(=O)c1cn(C)c(=O)n(C)c1=O. The van der Waals surface area contributed by atoms with Gasteiger partial charge in [-0.15, -0.1) is 0 Å². The van der Waals surface area contributed by atoms with Gasteiger partial charge in [-0.1, -0.05) is 0 Å². The second-order valence-electron chi connectivity index (χ2n) is 3.99. The van der Waals surface area contributed by atoms with Gasteiger partial charge in [0, 0.05) is 40.3 Å². The molecule has 0 bridgehead atoms. The van der Waals surface area contributed by atoms with Gasteiger partial charge in [0.25, 0.3) is 5.56 Å². The molecular weight excluding hydrogens is 272 g/mol. The lowest BCUT2D eigenvalue weighted by Gasteiger charge is -2.16. The lowest BCUT2D eigenvalue weighted by Crippen LogP contribution is -2.42. The molecule has 0 spiro atoms. The molecule has 1 aromatic heterocycles. The van der Waals surface area contributed by atoms with Crippen molar-refractivity contribution >= 4 is 10.0 Å². The molecule has 0 saturated heterocycles. The third-order valence-corrected chi connectivity index (χ3v) is 4.48. The van der Waals surface area contributed by atoms with Crippen molar-refractivity contribution in [3.05, 3.63) is 27.0 Å². The quantitative estimate of drug-likeness (QED) is 0.678. The largest absolute Gasteiger partial charge is 0.330 e. The molecule has 0 aliphatic carbocycles. The van der Waals surface area contributed by atoms with Crippen LogP contribution in [-0.2, 0) is 24.1 Å². The summed E-state index contributed by atoms with van der Waals surface area (Å²) in [5.41, 5.74) is -1.49. The number of aryl methyl sites for hydroxylation is 1. The third-order valence-electron chi connectivity index (χ3n) is 2.64. The molecule has 1 aromatic rings. The van der Waals surface area contributed by atoms with E-state index >= 15 is 0 Å². The smallest absolute Gasteiger partial charge is 0.302 e. The summed E-state index contributed by atoms with van der Waals surface area (Å²) >= 11 is 0. The first-order valence-electron chi connectivity index (χ1n) is 5.33. The topological polar surface area (TPSA) is 105 Å². The van der Waals surface area contributed by atoms with E-state index in [0.717, 1.165) is 19.6 Å². The highest BCUT2D eigenvalue weighted by Crippen LogP contribution is 2.08. The number of hydrogen-bond acceptors (Lipinski definition) is 5. The van der Waals surface area contributed by atoms with Gasteiger partial charge < -0.3 is 4.57 Å². The highest BCUT2D eigenvalue weighted by molar-refractivity contribution is 7.89. The Labute approximate surface area is 110 Å². The van der Waals surface area contributed by atoms with Crippen molar-refractivity contribution < 1.29 is 8.42 Å². The van der Waals surface area contributed by atoms with Gasteiger partial charge in [0.15, 0.2) is 4.90 Å². The number of rotatable bonds is 4. The summed E-state index contributed by atoms with van der Waals surface area (Å²) in [6.45, 7) is -0.0230. The van der Waals surface area contributed by atoms with Crippen molar-refractivity contribution in [3.63, 3.8) is 0 Å². The fraction of sp³-hybridized carbons (Fsp3) is 0.500. The Morgan fingerprint density at radius 3 is 2.47 bits per heavy atom. The monoisotopic (exact) mass is 286 g/mol. The Morgan fingerprint density at radius 2 is 1.95 bits per heavy atom. The molecule has 0 radical (unpaired) electrons. The van der Waals surface area contributed by atoms with E-state index in [1.165, 1.54) is 21.1 Å². The number of nitrogens with zero attached hydrogens (tertiary/aromatic N) is 4. The summed E-state index contributed by atoms with van der Waals surface area (Å²) in [6.07, 6.45) is 1.00. The van der Waals surface area contributed by atoms with Gasteiger partial charge in [0.2, 0.25) is 10.0 Å². The van der Waals surface area contributed by atoms with Gasteiger partial charge >= 0.3 is 5.69 Å². The minimum absolute atomic E-state index is 0.0157. The van der Waals surface area contributed by atoms with Crippen LogP contribution in [-0.4, -0.2) is 35.4 Å². The van der Waals surface area contributed by atoms with E-state index in [2.05, 4.69) is 0 Å². The minimum atomic E-state index is -4.01. The normalized spacial score (nSPS) is 11.5. The fourth-order valence-corrected chi connectivity index (χ4v) is 2.76. The maximum atomic E-state index is 12.2. The van der Waals surface area contributed by atoms with Crippen LogP contribution in [0.5, 0.6) is 0 Å². The predicted molar refractivity (Wildman–Crippen MR) is 67.0 cm³/mol. The van der Waals surface area contributed by atoms with E-state index in [-0.39, 0.29) is 13.0 Å². The number of hydrogen-bond donors (Lipinski definition) is 0. The first-order chi connectivity index (χ1) is 8.73. The van der Waals surface area contributed by atoms with Crippen LogP contribution < -0.4 is 11.2 Å². The molecule has 0 amide bonds. The van der Waals surface area contributed by atoms with E-state index in [0.29, 0.717) is 0 Å². The average molecular weight is 286 g/mol. The zero-order valence-electron chi connectivity index (χ0n) is 10.8. The maximum Gasteiger partial charge on any atom is 0.330 e. The Bertz CT molecular complexity index is 738. The highest BCUT2D eigenvalue weighted by Gasteiger charge is 2.25. The summed E-state index contributed by atoms with van der Waals surface area (Å²) in [7, 11) is -0.175. The van der Waals surface area contributed by atoms with E-state index in [4.69, 9.17) is 5.26 Å². The molecule has 0 unspecified atom stereocenters. The van der Waals surface area contributed by atoms with E-state index in [9.17, 15) is 18.0 Å². The van der Waals surface area contributed by atoms with Crippen LogP contribution in [0.25, 0.3) is 0 Å². The molecule has 0 fully saturated rings. The molecule has 0 aliphatic rings. The lowest BCUT2D eigenvalue weighted by atomic mass is 10.5. The molecule has 104 valence electrons. The molecule has 1 rings (SSSR count). The zero-order valence-corrected chi connectivity index (χ0v) is 11.6. The Hall–Kier alpha value is -1.92. The van der Waals surface area contributed by atoms with Crippen LogP contribution in [0.15, 0.2) is 20.7 Å². The van der Waals surface area contributed by atoms with Crippen LogP contribution in [0.2, 0.25) is 0 Å². The van der Waals surface area contributed by atoms with Gasteiger partial charge in [-0.2, -0.15) is 9.57 Å². The van der Waals surface area contributed by atoms with Crippen molar-refractivity contribution in [2.75, 3.05) is 13.6 Å². The van der Waals surface area contributed by atoms with Gasteiger partial charge in [0.1, 0.15) is 0 Å². The van der Waals surface area contributed by atoms with E-state index in [1.807, 2.05) is 6.07 Å². The molecular formula is C10H14N4O4S. The first-order valence-corrected chi connectivity index (χ1v) is 6.77. The molecule has 9 heteroatoms. The van der Waals surface area contributed by atoms with Gasteiger partial charge in [-0.25, -0.2) is 13.2 Å². The second-order valence-corrected chi connectivity index (χ2v) is 6.00. The molecule has 0 N–H and O–H groups in total. The third kappa shape index (κ3) is 2.74. The summed E-state index contributed by atoms with van der Waals surface area (Å²) in [5, 5.41) is 8.45. The number of sulfonamides is 1. The zero-order chi connectivity index (χ0) is 14.8. The molecule has 1 heterocycles. The van der Waals surface area contributed by atoms with Gasteiger partial charge in [0.05, 0.1) is 6.07 Å². The van der Waals surface area contributed by atoms with Crippen molar-refractivity contribution in [2.45, 2.75) is 11.3 Å². The summed E-state index contributed by atoms with van der Waals surface area (Å²) in [4.78, 5) is 22.8. The van der Waals surface area contributed by atoms with Gasteiger partial charge in [-0.3, -0.25) is 9.36 Å². The molecule has 8 nitrogen and oxygen atoms in total. The molecule has 19 heavy (non-hydrogen) atoms. The van der Waals surface area contributed by atoms with Crippen molar-refractivity contribution in [3.8, 4) is 6.07 Å². The van der Waals surface area contributed by atoms with Crippen LogP contribution in [0.4, 0.5) is 0 Å². The summed E-state index contributed by atoms with van der Waals surface area (Å²) in [6, 6.07) is 1.82. The maximum absolute atomic E-state index is 12.2. The van der Waals surface area contributed by atoms with Crippen LogP contribution in [0, 0.1) is 11.3 Å². The highest BCUT2D eigenvalue weighted by atomic mass is 32.2. The fourth-order valence-electron chi connectivity index (χ4n) is 1.45. The second kappa shape index (κ2) is 5.38. The summed E-state index contributed by atoms with van der Waals surface area (Å²) < 4.78 is 27.0. The van der Waals surface area contributed by atoms with Gasteiger partial charge in [-0.05, 0) is 0 Å². The van der Waals surface area contributed by atoms with Crippen LogP contribution in [0.3, 0.4) is 0 Å². The first kappa shape index (κ1) is 15.1. The van der Waals surface area contributed by atoms with Crippen molar-refractivity contribution in [2.24, 2.45) is 14.1 Å². The molecule has 0 aromatic carbocycles. The van der Waals surface area contributed by atoms with E-state index < -0.39 is 26.2 Å². The van der Waals surface area contributed by atoms with E-state index in [1.54, 1.807) is 0 Å². The predicted octanol–water partition coefficient (Wildman–Crippen LogP) is -1.38. The van der Waals surface area contributed by atoms with Crippen LogP contribution >= 0.6 is 0 Å². The number of aromatic nitrogens is 2. The molecule has 0 atom stereocenters. The minimum Gasteiger partial charge on any atom is -0.302 e. The van der Waals surface area contributed by atoms with Crippen LogP contribution in [0.1, 0.15) is 6.42 Å². The average Bonchev–Trinajstić information content (AvgIpc) is 2.37. The number of nitriles is 1. The lowest BCUT2D eigenvalue weighted by molar-refractivity contribution is 0.472. The Balaban J connectivity index is 3.43. The summed E-state index contributed by atoms with van der Waals surface area (Å²) in [5.74, 6) is 0. The van der Waals surface area contributed by atoms with Crippen molar-refractivity contribution in [1.82, 2.24) is 13.4 Å². The Morgan fingerprint density at radius 1 is 1.37 bits per heavy atom.